The monoisotopic (exact) mass is 526 g/mol. The summed E-state index contributed by atoms with van der Waals surface area (Å²) in [5.41, 5.74) is -4.07. The second-order valence-electron chi connectivity index (χ2n) is 8.52. The molecule has 3 rings (SSSR count). The van der Waals surface area contributed by atoms with Gasteiger partial charge in [-0.3, -0.25) is 9.59 Å². The molecule has 0 saturated heterocycles. The average molecular weight is 526 g/mol. The van der Waals surface area contributed by atoms with Crippen LogP contribution in [0.15, 0.2) is 48.0 Å². The SMILES string of the molecule is C/C(C(=O)O)=C1\c2ccccc2N(C(=O)c2ccc(OCC(=O)N(C)C)cc2C(F)(F)F)CCC1(F)F. The van der Waals surface area contributed by atoms with Crippen molar-refractivity contribution in [2.45, 2.75) is 25.4 Å². The number of ether oxygens (including phenoxy) is 1. The van der Waals surface area contributed by atoms with Gasteiger partial charge in [-0.05, 0) is 31.2 Å². The van der Waals surface area contributed by atoms with Gasteiger partial charge in [0.1, 0.15) is 5.75 Å². The van der Waals surface area contributed by atoms with Crippen molar-refractivity contribution in [1.82, 2.24) is 4.90 Å². The number of amides is 2. The number of nitrogens with zero attached hydrogens (tertiary/aromatic N) is 2. The molecule has 0 bridgehead atoms. The molecule has 1 aliphatic heterocycles. The molecule has 2 aromatic rings. The number of anilines is 1. The first-order valence-corrected chi connectivity index (χ1v) is 10.9. The number of likely N-dealkylation sites (N-methyl/N-ethyl adjacent to an activating group) is 1. The molecule has 0 spiro atoms. The minimum Gasteiger partial charge on any atom is -0.484 e. The van der Waals surface area contributed by atoms with Crippen molar-refractivity contribution < 1.29 is 46.2 Å². The molecule has 0 unspecified atom stereocenters. The number of alkyl halides is 5. The number of halogens is 5. The lowest BCUT2D eigenvalue weighted by atomic mass is 9.93. The second kappa shape index (κ2) is 10.2. The van der Waals surface area contributed by atoms with E-state index in [4.69, 9.17) is 4.74 Å². The standard InChI is InChI=1S/C25H23F5N2O5/c1-14(23(35)36)21-17-6-4-5-7-19(17)32(11-10-24(21,26)27)22(34)16-9-8-15(12-18(16)25(28,29)30)37-13-20(33)31(2)3/h4-9,12H,10-11,13H2,1-3H3,(H,35,36)/b21-14-. The maximum Gasteiger partial charge on any atom is 0.417 e. The number of hydrogen-bond donors (Lipinski definition) is 1. The molecule has 0 atom stereocenters. The highest BCUT2D eigenvalue weighted by atomic mass is 19.4. The minimum atomic E-state index is -5.02. The summed E-state index contributed by atoms with van der Waals surface area (Å²) in [6.07, 6.45) is -6.03. The van der Waals surface area contributed by atoms with Gasteiger partial charge in [0.15, 0.2) is 6.61 Å². The minimum absolute atomic E-state index is 0.148. The van der Waals surface area contributed by atoms with Gasteiger partial charge in [-0.15, -0.1) is 0 Å². The Balaban J connectivity index is 2.11. The van der Waals surface area contributed by atoms with E-state index in [2.05, 4.69) is 0 Å². The molecule has 7 nitrogen and oxygen atoms in total. The van der Waals surface area contributed by atoms with Crippen molar-refractivity contribution in [2.24, 2.45) is 0 Å². The van der Waals surface area contributed by atoms with Crippen LogP contribution in [0, 0.1) is 0 Å². The van der Waals surface area contributed by atoms with Gasteiger partial charge in [0, 0.05) is 43.8 Å². The Labute approximate surface area is 208 Å². The number of para-hydroxylation sites is 1. The number of carbonyl (C=O) groups excluding carboxylic acids is 2. The van der Waals surface area contributed by atoms with Gasteiger partial charge in [0.2, 0.25) is 0 Å². The Morgan fingerprint density at radius 3 is 2.35 bits per heavy atom. The number of rotatable bonds is 5. The van der Waals surface area contributed by atoms with E-state index in [0.29, 0.717) is 6.07 Å². The first kappa shape index (κ1) is 27.6. The van der Waals surface area contributed by atoms with Gasteiger partial charge < -0.3 is 19.6 Å². The van der Waals surface area contributed by atoms with Crippen LogP contribution in [0.4, 0.5) is 27.6 Å². The van der Waals surface area contributed by atoms with E-state index in [1.54, 1.807) is 0 Å². The van der Waals surface area contributed by atoms with Crippen LogP contribution in [0.1, 0.15) is 34.8 Å². The number of carboxylic acid groups (broad SMARTS) is 1. The molecule has 2 aromatic carbocycles. The quantitative estimate of drug-likeness (QED) is 0.450. The highest BCUT2D eigenvalue weighted by molar-refractivity contribution is 6.10. The molecular weight excluding hydrogens is 503 g/mol. The highest BCUT2D eigenvalue weighted by Crippen LogP contribution is 2.45. The Morgan fingerprint density at radius 2 is 1.76 bits per heavy atom. The van der Waals surface area contributed by atoms with Crippen LogP contribution >= 0.6 is 0 Å². The summed E-state index contributed by atoms with van der Waals surface area (Å²) in [6, 6.07) is 7.71. The molecule has 0 fully saturated rings. The van der Waals surface area contributed by atoms with Crippen molar-refractivity contribution in [3.05, 3.63) is 64.7 Å². The van der Waals surface area contributed by atoms with E-state index < -0.39 is 71.7 Å². The van der Waals surface area contributed by atoms with Crippen LogP contribution in [0.5, 0.6) is 5.75 Å². The van der Waals surface area contributed by atoms with Crippen molar-refractivity contribution >= 4 is 29.0 Å². The van der Waals surface area contributed by atoms with E-state index >= 15 is 8.78 Å². The topological polar surface area (TPSA) is 87.1 Å². The molecule has 0 saturated carbocycles. The van der Waals surface area contributed by atoms with Crippen LogP contribution in [0.3, 0.4) is 0 Å². The van der Waals surface area contributed by atoms with E-state index in [1.165, 1.54) is 43.3 Å². The molecule has 37 heavy (non-hydrogen) atoms. The van der Waals surface area contributed by atoms with Crippen LogP contribution < -0.4 is 9.64 Å². The molecule has 0 aliphatic carbocycles. The average Bonchev–Trinajstić information content (AvgIpc) is 2.93. The van der Waals surface area contributed by atoms with Crippen molar-refractivity contribution in [3.63, 3.8) is 0 Å². The number of carbonyl (C=O) groups is 3. The largest absolute Gasteiger partial charge is 0.484 e. The second-order valence-corrected chi connectivity index (χ2v) is 8.52. The van der Waals surface area contributed by atoms with Crippen LogP contribution in [-0.4, -0.2) is 61.0 Å². The van der Waals surface area contributed by atoms with E-state index in [-0.39, 0.29) is 17.0 Å². The number of fused-ring (bicyclic) bond motifs is 1. The van der Waals surface area contributed by atoms with Crippen molar-refractivity contribution in [2.75, 3.05) is 32.1 Å². The summed E-state index contributed by atoms with van der Waals surface area (Å²) >= 11 is 0. The third kappa shape index (κ3) is 5.73. The fourth-order valence-electron chi connectivity index (χ4n) is 3.86. The first-order chi connectivity index (χ1) is 17.1. The third-order valence-corrected chi connectivity index (χ3v) is 5.81. The van der Waals surface area contributed by atoms with Crippen LogP contribution in [0.2, 0.25) is 0 Å². The predicted octanol–water partition coefficient (Wildman–Crippen LogP) is 4.72. The summed E-state index contributed by atoms with van der Waals surface area (Å²) in [4.78, 5) is 38.6. The lowest BCUT2D eigenvalue weighted by Crippen LogP contribution is -2.34. The number of carboxylic acids is 1. The zero-order valence-electron chi connectivity index (χ0n) is 20.0. The van der Waals surface area contributed by atoms with Gasteiger partial charge in [-0.2, -0.15) is 13.2 Å². The third-order valence-electron chi connectivity index (χ3n) is 5.81. The predicted molar refractivity (Wildman–Crippen MR) is 124 cm³/mol. The highest BCUT2D eigenvalue weighted by Gasteiger charge is 2.44. The first-order valence-electron chi connectivity index (χ1n) is 10.9. The Morgan fingerprint density at radius 1 is 1.11 bits per heavy atom. The molecular formula is C25H23F5N2O5. The van der Waals surface area contributed by atoms with Gasteiger partial charge in [0.05, 0.1) is 16.8 Å². The normalized spacial score (nSPS) is 16.4. The Kier molecular flexibility index (Phi) is 7.61. The van der Waals surface area contributed by atoms with E-state index in [9.17, 15) is 32.7 Å². The fourth-order valence-corrected chi connectivity index (χ4v) is 3.86. The zero-order chi connectivity index (χ0) is 27.7. The van der Waals surface area contributed by atoms with Gasteiger partial charge >= 0.3 is 12.1 Å². The summed E-state index contributed by atoms with van der Waals surface area (Å²) < 4.78 is 77.2. The van der Waals surface area contributed by atoms with E-state index in [0.717, 1.165) is 24.0 Å². The van der Waals surface area contributed by atoms with E-state index in [1.807, 2.05) is 0 Å². The molecule has 2 amide bonds. The van der Waals surface area contributed by atoms with Crippen molar-refractivity contribution in [3.8, 4) is 5.75 Å². The number of benzene rings is 2. The summed E-state index contributed by atoms with van der Waals surface area (Å²) in [6.45, 7) is -0.211. The maximum absolute atomic E-state index is 15.1. The molecule has 1 aliphatic rings. The smallest absolute Gasteiger partial charge is 0.417 e. The Hall–Kier alpha value is -3.96. The summed E-state index contributed by atoms with van der Waals surface area (Å²) in [7, 11) is 2.88. The molecule has 0 radical (unpaired) electrons. The molecule has 1 heterocycles. The van der Waals surface area contributed by atoms with Gasteiger partial charge in [-0.1, -0.05) is 18.2 Å². The maximum atomic E-state index is 15.1. The zero-order valence-corrected chi connectivity index (χ0v) is 20.0. The lowest BCUT2D eigenvalue weighted by molar-refractivity contribution is -0.138. The molecule has 12 heteroatoms. The van der Waals surface area contributed by atoms with Crippen molar-refractivity contribution in [1.29, 1.82) is 0 Å². The molecule has 1 N–H and O–H groups in total. The lowest BCUT2D eigenvalue weighted by Gasteiger charge is -2.24. The fraction of sp³-hybridized carbons (Fsp3) is 0.320. The summed E-state index contributed by atoms with van der Waals surface area (Å²) in [5, 5.41) is 9.36. The van der Waals surface area contributed by atoms with Gasteiger partial charge in [0.25, 0.3) is 17.7 Å². The number of allylic oxidation sites excluding steroid dienone is 1. The number of aliphatic carboxylic acids is 1. The van der Waals surface area contributed by atoms with Gasteiger partial charge in [-0.25, -0.2) is 13.6 Å². The number of hydrogen-bond acceptors (Lipinski definition) is 4. The van der Waals surface area contributed by atoms with Crippen LogP contribution in [0.25, 0.3) is 5.57 Å². The Bertz CT molecular complexity index is 1270. The van der Waals surface area contributed by atoms with Crippen LogP contribution in [-0.2, 0) is 15.8 Å². The molecule has 198 valence electrons. The summed E-state index contributed by atoms with van der Waals surface area (Å²) in [5.74, 6) is -7.29. The molecule has 0 aromatic heterocycles.